The first kappa shape index (κ1) is 13.0. The second-order valence-electron chi connectivity index (χ2n) is 4.17. The molecule has 1 fully saturated rings. The minimum atomic E-state index is -0.0420. The van der Waals surface area contributed by atoms with Crippen LogP contribution in [0.2, 0.25) is 0 Å². The van der Waals surface area contributed by atoms with Crippen LogP contribution in [-0.2, 0) is 9.59 Å². The Balaban J connectivity index is 2.26. The number of nitrogens with one attached hydrogen (secondary N) is 2. The highest BCUT2D eigenvalue weighted by Gasteiger charge is 2.21. The van der Waals surface area contributed by atoms with Crippen molar-refractivity contribution in [1.29, 1.82) is 0 Å². The Hall–Kier alpha value is -1.10. The van der Waals surface area contributed by atoms with Crippen molar-refractivity contribution in [3.05, 3.63) is 0 Å². The topological polar surface area (TPSA) is 61.4 Å². The van der Waals surface area contributed by atoms with Crippen LogP contribution in [0.1, 0.15) is 19.8 Å². The molecule has 1 saturated heterocycles. The maximum atomic E-state index is 11.7. The summed E-state index contributed by atoms with van der Waals surface area (Å²) < 4.78 is 0. The van der Waals surface area contributed by atoms with E-state index in [2.05, 4.69) is 10.6 Å². The zero-order valence-corrected chi connectivity index (χ0v) is 10.1. The molecule has 0 unspecified atom stereocenters. The number of amides is 2. The van der Waals surface area contributed by atoms with Crippen molar-refractivity contribution in [1.82, 2.24) is 15.5 Å². The van der Waals surface area contributed by atoms with Gasteiger partial charge in [-0.15, -0.1) is 0 Å². The monoisotopic (exact) mass is 227 g/mol. The first-order chi connectivity index (χ1) is 7.65. The van der Waals surface area contributed by atoms with Crippen molar-refractivity contribution in [3.63, 3.8) is 0 Å². The summed E-state index contributed by atoms with van der Waals surface area (Å²) in [4.78, 5) is 24.7. The van der Waals surface area contributed by atoms with E-state index in [1.165, 1.54) is 0 Å². The van der Waals surface area contributed by atoms with Gasteiger partial charge in [0.25, 0.3) is 0 Å². The number of rotatable bonds is 4. The highest BCUT2D eigenvalue weighted by molar-refractivity contribution is 5.85. The summed E-state index contributed by atoms with van der Waals surface area (Å²) >= 11 is 0. The molecule has 92 valence electrons. The van der Waals surface area contributed by atoms with E-state index in [1.807, 2.05) is 6.92 Å². The van der Waals surface area contributed by atoms with Crippen LogP contribution in [0.5, 0.6) is 0 Å². The van der Waals surface area contributed by atoms with Crippen LogP contribution in [-0.4, -0.2) is 49.9 Å². The van der Waals surface area contributed by atoms with E-state index in [4.69, 9.17) is 0 Å². The van der Waals surface area contributed by atoms with Crippen molar-refractivity contribution in [2.24, 2.45) is 5.92 Å². The van der Waals surface area contributed by atoms with Crippen LogP contribution in [0.4, 0.5) is 0 Å². The normalized spacial score (nSPS) is 20.2. The van der Waals surface area contributed by atoms with Crippen molar-refractivity contribution in [2.45, 2.75) is 19.8 Å². The van der Waals surface area contributed by atoms with Crippen LogP contribution in [0.3, 0.4) is 0 Å². The van der Waals surface area contributed by atoms with Crippen molar-refractivity contribution in [2.75, 3.05) is 33.2 Å². The van der Waals surface area contributed by atoms with Crippen molar-refractivity contribution in [3.8, 4) is 0 Å². The van der Waals surface area contributed by atoms with Crippen LogP contribution < -0.4 is 10.6 Å². The molecule has 2 amide bonds. The summed E-state index contributed by atoms with van der Waals surface area (Å²) in [6, 6.07) is 0. The van der Waals surface area contributed by atoms with E-state index in [1.54, 1.807) is 11.9 Å². The molecule has 0 radical (unpaired) electrons. The molecular formula is C11H21N3O2. The molecule has 0 aromatic rings. The highest BCUT2D eigenvalue weighted by Crippen LogP contribution is 2.09. The first-order valence-electron chi connectivity index (χ1n) is 5.87. The Labute approximate surface area is 96.6 Å². The van der Waals surface area contributed by atoms with Gasteiger partial charge in [-0.1, -0.05) is 0 Å². The summed E-state index contributed by atoms with van der Waals surface area (Å²) in [7, 11) is 1.73. The summed E-state index contributed by atoms with van der Waals surface area (Å²) in [5.74, 6) is -0.0295. The quantitative estimate of drug-likeness (QED) is 0.686. The molecule has 1 atom stereocenters. The van der Waals surface area contributed by atoms with E-state index in [0.717, 1.165) is 25.9 Å². The van der Waals surface area contributed by atoms with Gasteiger partial charge in [0.2, 0.25) is 11.8 Å². The number of carbonyl (C=O) groups is 2. The molecular weight excluding hydrogens is 206 g/mol. The number of hydrogen-bond acceptors (Lipinski definition) is 3. The zero-order chi connectivity index (χ0) is 12.0. The number of likely N-dealkylation sites (N-methyl/N-ethyl adjacent to an activating group) is 1. The standard InChI is InChI=1S/C11H21N3O2/c1-3-14(2)10(15)8-13-11(16)9-5-4-6-12-7-9/h9,12H,3-8H2,1-2H3,(H,13,16)/t9-/m0/s1. The highest BCUT2D eigenvalue weighted by atomic mass is 16.2. The number of carbonyl (C=O) groups excluding carboxylic acids is 2. The molecule has 5 nitrogen and oxygen atoms in total. The molecule has 16 heavy (non-hydrogen) atoms. The second-order valence-corrected chi connectivity index (χ2v) is 4.17. The Bertz CT molecular complexity index is 250. The number of hydrogen-bond donors (Lipinski definition) is 2. The molecule has 0 bridgehead atoms. The fourth-order valence-electron chi connectivity index (χ4n) is 1.69. The van der Waals surface area contributed by atoms with Gasteiger partial charge in [0.15, 0.2) is 0 Å². The van der Waals surface area contributed by atoms with E-state index < -0.39 is 0 Å². The third-order valence-corrected chi connectivity index (χ3v) is 2.98. The second kappa shape index (κ2) is 6.48. The van der Waals surface area contributed by atoms with Gasteiger partial charge in [0.1, 0.15) is 0 Å². The Morgan fingerprint density at radius 1 is 1.50 bits per heavy atom. The smallest absolute Gasteiger partial charge is 0.241 e. The minimum absolute atomic E-state index is 0.00921. The lowest BCUT2D eigenvalue weighted by molar-refractivity contribution is -0.133. The SMILES string of the molecule is CCN(C)C(=O)CNC(=O)[C@H]1CCCNC1. The maximum absolute atomic E-state index is 11.7. The Kier molecular flexibility index (Phi) is 5.25. The molecule has 0 spiro atoms. The molecule has 1 aliphatic heterocycles. The minimum Gasteiger partial charge on any atom is -0.347 e. The molecule has 0 saturated carbocycles. The Morgan fingerprint density at radius 2 is 2.25 bits per heavy atom. The molecule has 1 heterocycles. The van der Waals surface area contributed by atoms with Crippen LogP contribution in [0.25, 0.3) is 0 Å². The van der Waals surface area contributed by atoms with Gasteiger partial charge in [0, 0.05) is 20.1 Å². The lowest BCUT2D eigenvalue weighted by atomic mass is 9.99. The first-order valence-corrected chi connectivity index (χ1v) is 5.87. The van der Waals surface area contributed by atoms with Gasteiger partial charge >= 0.3 is 0 Å². The maximum Gasteiger partial charge on any atom is 0.241 e. The fourth-order valence-corrected chi connectivity index (χ4v) is 1.69. The zero-order valence-electron chi connectivity index (χ0n) is 10.1. The average Bonchev–Trinajstić information content (AvgIpc) is 2.35. The molecule has 5 heteroatoms. The Morgan fingerprint density at radius 3 is 2.81 bits per heavy atom. The summed E-state index contributed by atoms with van der Waals surface area (Å²) in [6.45, 7) is 4.40. The molecule has 0 aromatic heterocycles. The molecule has 0 aromatic carbocycles. The number of nitrogens with zero attached hydrogens (tertiary/aromatic N) is 1. The van der Waals surface area contributed by atoms with Gasteiger partial charge in [-0.05, 0) is 26.3 Å². The predicted molar refractivity (Wildman–Crippen MR) is 61.9 cm³/mol. The molecule has 2 N–H and O–H groups in total. The third-order valence-electron chi connectivity index (χ3n) is 2.98. The predicted octanol–water partition coefficient (Wildman–Crippen LogP) is -0.419. The average molecular weight is 227 g/mol. The summed E-state index contributed by atoms with van der Waals surface area (Å²) in [5, 5.41) is 5.88. The molecule has 0 aliphatic carbocycles. The van der Waals surface area contributed by atoms with E-state index in [9.17, 15) is 9.59 Å². The fraction of sp³-hybridized carbons (Fsp3) is 0.818. The number of piperidine rings is 1. The van der Waals surface area contributed by atoms with Gasteiger partial charge < -0.3 is 15.5 Å². The lowest BCUT2D eigenvalue weighted by Crippen LogP contribution is -2.44. The van der Waals surface area contributed by atoms with Gasteiger partial charge in [-0.3, -0.25) is 9.59 Å². The van der Waals surface area contributed by atoms with Crippen LogP contribution in [0, 0.1) is 5.92 Å². The van der Waals surface area contributed by atoms with Gasteiger partial charge in [-0.2, -0.15) is 0 Å². The van der Waals surface area contributed by atoms with E-state index >= 15 is 0 Å². The molecule has 1 aliphatic rings. The van der Waals surface area contributed by atoms with Gasteiger partial charge in [-0.25, -0.2) is 0 Å². The van der Waals surface area contributed by atoms with Crippen molar-refractivity contribution < 1.29 is 9.59 Å². The summed E-state index contributed by atoms with van der Waals surface area (Å²) in [5.41, 5.74) is 0. The van der Waals surface area contributed by atoms with Crippen molar-refractivity contribution >= 4 is 11.8 Å². The van der Waals surface area contributed by atoms with E-state index in [0.29, 0.717) is 6.54 Å². The lowest BCUT2D eigenvalue weighted by Gasteiger charge is -2.22. The largest absolute Gasteiger partial charge is 0.347 e. The van der Waals surface area contributed by atoms with Gasteiger partial charge in [0.05, 0.1) is 12.5 Å². The molecule has 1 rings (SSSR count). The third kappa shape index (κ3) is 3.81. The van der Waals surface area contributed by atoms with Crippen LogP contribution in [0.15, 0.2) is 0 Å². The van der Waals surface area contributed by atoms with Crippen LogP contribution >= 0.6 is 0 Å². The van der Waals surface area contributed by atoms with E-state index in [-0.39, 0.29) is 24.3 Å². The summed E-state index contributed by atoms with van der Waals surface area (Å²) in [6.07, 6.45) is 1.94.